The number of aromatic nitrogens is 1. The molecule has 0 radical (unpaired) electrons. The second-order valence-corrected chi connectivity index (χ2v) is 4.07. The molecule has 3 N–H and O–H groups in total. The number of nitrogens with two attached hydrogens (primary N) is 1. The zero-order valence-electron chi connectivity index (χ0n) is 10.1. The van der Waals surface area contributed by atoms with Gasteiger partial charge in [0.1, 0.15) is 11.8 Å². The third kappa shape index (κ3) is 2.77. The highest BCUT2D eigenvalue weighted by Gasteiger charge is 2.05. The highest BCUT2D eigenvalue weighted by molar-refractivity contribution is 5.48. The highest BCUT2D eigenvalue weighted by atomic mass is 14.9. The second-order valence-electron chi connectivity index (χ2n) is 4.07. The Morgan fingerprint density at radius 2 is 2.00 bits per heavy atom. The summed E-state index contributed by atoms with van der Waals surface area (Å²) < 4.78 is 0. The predicted molar refractivity (Wildman–Crippen MR) is 71.8 cm³/mol. The number of rotatable bonds is 3. The van der Waals surface area contributed by atoms with Crippen LogP contribution in [0.2, 0.25) is 0 Å². The van der Waals surface area contributed by atoms with Gasteiger partial charge in [-0.2, -0.15) is 5.26 Å². The summed E-state index contributed by atoms with van der Waals surface area (Å²) in [6.07, 6.45) is 1.62. The molecule has 2 aromatic rings. The van der Waals surface area contributed by atoms with Gasteiger partial charge in [0.15, 0.2) is 0 Å². The third-order valence-electron chi connectivity index (χ3n) is 2.69. The van der Waals surface area contributed by atoms with Crippen LogP contribution in [-0.2, 0) is 0 Å². The van der Waals surface area contributed by atoms with E-state index in [-0.39, 0.29) is 6.04 Å². The summed E-state index contributed by atoms with van der Waals surface area (Å²) in [5.74, 6) is 0. The second kappa shape index (κ2) is 5.19. The van der Waals surface area contributed by atoms with Crippen molar-refractivity contribution in [2.75, 3.05) is 11.1 Å². The van der Waals surface area contributed by atoms with E-state index in [1.807, 2.05) is 36.4 Å². The van der Waals surface area contributed by atoms with Crippen molar-refractivity contribution in [3.05, 3.63) is 53.9 Å². The van der Waals surface area contributed by atoms with Gasteiger partial charge in [0.05, 0.1) is 0 Å². The van der Waals surface area contributed by atoms with Gasteiger partial charge in [-0.05, 0) is 36.8 Å². The predicted octanol–water partition coefficient (Wildman–Crippen LogP) is 2.71. The molecular weight excluding hydrogens is 224 g/mol. The summed E-state index contributed by atoms with van der Waals surface area (Å²) in [7, 11) is 0. The van der Waals surface area contributed by atoms with Gasteiger partial charge in [-0.25, -0.2) is 4.98 Å². The Labute approximate surface area is 106 Å². The topological polar surface area (TPSA) is 74.7 Å². The number of hydrogen-bond donors (Lipinski definition) is 2. The number of nitrogen functional groups attached to an aromatic ring is 1. The molecule has 0 aliphatic heterocycles. The SMILES string of the molecule is CC(Nc1ccnc(C#N)c1)c1ccc(N)cc1. The molecule has 90 valence electrons. The molecule has 0 saturated heterocycles. The number of nitriles is 1. The van der Waals surface area contributed by atoms with Crippen LogP contribution in [0.5, 0.6) is 0 Å². The van der Waals surface area contributed by atoms with Crippen molar-refractivity contribution in [1.29, 1.82) is 5.26 Å². The van der Waals surface area contributed by atoms with Gasteiger partial charge >= 0.3 is 0 Å². The van der Waals surface area contributed by atoms with Crippen LogP contribution in [0.3, 0.4) is 0 Å². The first-order chi connectivity index (χ1) is 8.69. The molecule has 1 aromatic carbocycles. The smallest absolute Gasteiger partial charge is 0.142 e. The van der Waals surface area contributed by atoms with Crippen molar-refractivity contribution in [3.8, 4) is 6.07 Å². The normalized spacial score (nSPS) is 11.6. The van der Waals surface area contributed by atoms with E-state index in [0.29, 0.717) is 5.69 Å². The molecule has 2 rings (SSSR count). The molecule has 1 atom stereocenters. The molecule has 1 heterocycles. The number of hydrogen-bond acceptors (Lipinski definition) is 4. The number of pyridine rings is 1. The lowest BCUT2D eigenvalue weighted by Gasteiger charge is -2.15. The maximum atomic E-state index is 8.79. The Morgan fingerprint density at radius 3 is 2.67 bits per heavy atom. The summed E-state index contributed by atoms with van der Waals surface area (Å²) in [6, 6.07) is 13.5. The summed E-state index contributed by atoms with van der Waals surface area (Å²) in [4.78, 5) is 3.93. The maximum Gasteiger partial charge on any atom is 0.142 e. The van der Waals surface area contributed by atoms with Gasteiger partial charge in [0.25, 0.3) is 0 Å². The number of nitrogens with one attached hydrogen (secondary N) is 1. The molecule has 0 saturated carbocycles. The van der Waals surface area contributed by atoms with Gasteiger partial charge in [-0.1, -0.05) is 12.1 Å². The highest BCUT2D eigenvalue weighted by Crippen LogP contribution is 2.20. The van der Waals surface area contributed by atoms with Gasteiger partial charge in [-0.3, -0.25) is 0 Å². The fraction of sp³-hybridized carbons (Fsp3) is 0.143. The number of benzene rings is 1. The van der Waals surface area contributed by atoms with E-state index in [9.17, 15) is 0 Å². The minimum Gasteiger partial charge on any atom is -0.399 e. The molecular formula is C14H14N4. The quantitative estimate of drug-likeness (QED) is 0.806. The van der Waals surface area contributed by atoms with Crippen molar-refractivity contribution in [1.82, 2.24) is 4.98 Å². The van der Waals surface area contributed by atoms with Crippen LogP contribution < -0.4 is 11.1 Å². The molecule has 1 unspecified atom stereocenters. The summed E-state index contributed by atoms with van der Waals surface area (Å²) in [5, 5.41) is 12.1. The van der Waals surface area contributed by atoms with Gasteiger partial charge in [-0.15, -0.1) is 0 Å². The van der Waals surface area contributed by atoms with E-state index in [2.05, 4.69) is 17.2 Å². The molecule has 0 amide bonds. The minimum atomic E-state index is 0.138. The van der Waals surface area contributed by atoms with E-state index in [1.165, 1.54) is 0 Å². The van der Waals surface area contributed by atoms with Crippen molar-refractivity contribution < 1.29 is 0 Å². The van der Waals surface area contributed by atoms with Crippen LogP contribution in [0.15, 0.2) is 42.6 Å². The molecule has 0 aliphatic rings. The van der Waals surface area contributed by atoms with E-state index in [1.54, 1.807) is 12.3 Å². The summed E-state index contributed by atoms with van der Waals surface area (Å²) in [5.41, 5.74) is 8.83. The maximum absolute atomic E-state index is 8.79. The van der Waals surface area contributed by atoms with Crippen molar-refractivity contribution in [2.45, 2.75) is 13.0 Å². The van der Waals surface area contributed by atoms with Crippen LogP contribution >= 0.6 is 0 Å². The van der Waals surface area contributed by atoms with Gasteiger partial charge < -0.3 is 11.1 Å². The summed E-state index contributed by atoms with van der Waals surface area (Å²) in [6.45, 7) is 2.05. The fourth-order valence-electron chi connectivity index (χ4n) is 1.70. The van der Waals surface area contributed by atoms with Gasteiger partial charge in [0.2, 0.25) is 0 Å². The fourth-order valence-corrected chi connectivity index (χ4v) is 1.70. The van der Waals surface area contributed by atoms with E-state index >= 15 is 0 Å². The standard InChI is InChI=1S/C14H14N4/c1-10(11-2-4-12(16)5-3-11)18-13-6-7-17-14(8-13)9-15/h2-8,10H,16H2,1H3,(H,17,18). The lowest BCUT2D eigenvalue weighted by atomic mass is 10.1. The average Bonchev–Trinajstić information content (AvgIpc) is 2.39. The van der Waals surface area contributed by atoms with Crippen LogP contribution in [0.1, 0.15) is 24.2 Å². The Bertz CT molecular complexity index is 569. The monoisotopic (exact) mass is 238 g/mol. The molecule has 0 aliphatic carbocycles. The molecule has 18 heavy (non-hydrogen) atoms. The van der Waals surface area contributed by atoms with Crippen molar-refractivity contribution in [2.24, 2.45) is 0 Å². The molecule has 4 nitrogen and oxygen atoms in total. The molecule has 0 bridgehead atoms. The van der Waals surface area contributed by atoms with Crippen LogP contribution in [-0.4, -0.2) is 4.98 Å². The minimum absolute atomic E-state index is 0.138. The first-order valence-electron chi connectivity index (χ1n) is 5.67. The Kier molecular flexibility index (Phi) is 3.44. The number of nitrogens with zero attached hydrogens (tertiary/aromatic N) is 2. The first-order valence-corrected chi connectivity index (χ1v) is 5.67. The van der Waals surface area contributed by atoms with E-state index < -0.39 is 0 Å². The first kappa shape index (κ1) is 11.9. The molecule has 1 aromatic heterocycles. The van der Waals surface area contributed by atoms with Crippen molar-refractivity contribution in [3.63, 3.8) is 0 Å². The van der Waals surface area contributed by atoms with Crippen molar-refractivity contribution >= 4 is 11.4 Å². The molecule has 0 spiro atoms. The molecule has 4 heteroatoms. The Hall–Kier alpha value is -2.54. The van der Waals surface area contributed by atoms with E-state index in [4.69, 9.17) is 11.0 Å². The van der Waals surface area contributed by atoms with Crippen LogP contribution in [0.4, 0.5) is 11.4 Å². The Balaban J connectivity index is 2.13. The average molecular weight is 238 g/mol. The van der Waals surface area contributed by atoms with Crippen LogP contribution in [0.25, 0.3) is 0 Å². The lowest BCUT2D eigenvalue weighted by molar-refractivity contribution is 0.884. The third-order valence-corrected chi connectivity index (χ3v) is 2.69. The number of anilines is 2. The van der Waals surface area contributed by atoms with E-state index in [0.717, 1.165) is 16.9 Å². The van der Waals surface area contributed by atoms with Gasteiger partial charge in [0, 0.05) is 23.6 Å². The zero-order chi connectivity index (χ0) is 13.0. The molecule has 0 fully saturated rings. The zero-order valence-corrected chi connectivity index (χ0v) is 10.1. The Morgan fingerprint density at radius 1 is 1.28 bits per heavy atom. The van der Waals surface area contributed by atoms with Crippen LogP contribution in [0, 0.1) is 11.3 Å². The lowest BCUT2D eigenvalue weighted by Crippen LogP contribution is -2.07. The largest absolute Gasteiger partial charge is 0.399 e. The summed E-state index contributed by atoms with van der Waals surface area (Å²) >= 11 is 0.